The first-order valence-electron chi connectivity index (χ1n) is 4.40. The summed E-state index contributed by atoms with van der Waals surface area (Å²) >= 11 is 9.75. The predicted molar refractivity (Wildman–Crippen MR) is 69.9 cm³/mol. The Morgan fingerprint density at radius 2 is 2.12 bits per heavy atom. The Bertz CT molecular complexity index is 535. The van der Waals surface area contributed by atoms with Gasteiger partial charge < -0.3 is 5.11 Å². The van der Waals surface area contributed by atoms with Crippen LogP contribution in [-0.4, -0.2) is 16.3 Å². The smallest absolute Gasteiger partial charge is 0.290 e. The van der Waals surface area contributed by atoms with Crippen molar-refractivity contribution in [3.05, 3.63) is 32.1 Å². The molecule has 2 amide bonds. The first-order chi connectivity index (χ1) is 7.97. The van der Waals surface area contributed by atoms with Gasteiger partial charge in [-0.3, -0.25) is 14.9 Å². The molecule has 1 aliphatic rings. The highest BCUT2D eigenvalue weighted by Crippen LogP contribution is 2.34. The van der Waals surface area contributed by atoms with E-state index in [0.717, 1.165) is 11.8 Å². The molecular formula is C10H5BrClNO3S. The number of rotatable bonds is 1. The van der Waals surface area contributed by atoms with Gasteiger partial charge in [0.15, 0.2) is 0 Å². The largest absolute Gasteiger partial charge is 0.505 e. The van der Waals surface area contributed by atoms with E-state index in [-0.39, 0.29) is 10.8 Å². The number of amides is 2. The van der Waals surface area contributed by atoms with Crippen molar-refractivity contribution >= 4 is 56.5 Å². The maximum Gasteiger partial charge on any atom is 0.290 e. The Morgan fingerprint density at radius 3 is 2.65 bits per heavy atom. The van der Waals surface area contributed by atoms with Crippen molar-refractivity contribution in [3.8, 4) is 5.75 Å². The third-order valence-corrected chi connectivity index (χ3v) is 3.68. The van der Waals surface area contributed by atoms with Gasteiger partial charge in [0.05, 0.1) is 14.4 Å². The summed E-state index contributed by atoms with van der Waals surface area (Å²) in [6.45, 7) is 0. The molecule has 88 valence electrons. The topological polar surface area (TPSA) is 66.4 Å². The van der Waals surface area contributed by atoms with Crippen LogP contribution in [0.5, 0.6) is 5.75 Å². The second-order valence-corrected chi connectivity index (χ2v) is 5.46. The van der Waals surface area contributed by atoms with Crippen LogP contribution in [0.25, 0.3) is 6.08 Å². The summed E-state index contributed by atoms with van der Waals surface area (Å²) in [6.07, 6.45) is 1.53. The van der Waals surface area contributed by atoms with Gasteiger partial charge in [-0.1, -0.05) is 11.6 Å². The summed E-state index contributed by atoms with van der Waals surface area (Å²) in [7, 11) is 0. The number of benzene rings is 1. The molecule has 0 saturated carbocycles. The molecule has 0 unspecified atom stereocenters. The van der Waals surface area contributed by atoms with E-state index in [1.165, 1.54) is 12.1 Å². The molecule has 0 aromatic heterocycles. The molecule has 0 aliphatic carbocycles. The Kier molecular flexibility index (Phi) is 3.46. The quantitative estimate of drug-likeness (QED) is 0.774. The second-order valence-electron chi connectivity index (χ2n) is 3.19. The molecule has 7 heteroatoms. The lowest BCUT2D eigenvalue weighted by atomic mass is 10.2. The van der Waals surface area contributed by atoms with Gasteiger partial charge in [0.25, 0.3) is 11.1 Å². The number of thioether (sulfide) groups is 1. The lowest BCUT2D eigenvalue weighted by Gasteiger charge is -2.02. The molecule has 0 radical (unpaired) electrons. The minimum absolute atomic E-state index is 0.0616. The normalized spacial score (nSPS) is 17.6. The van der Waals surface area contributed by atoms with Gasteiger partial charge in [0.1, 0.15) is 5.75 Å². The zero-order valence-electron chi connectivity index (χ0n) is 8.16. The maximum atomic E-state index is 11.3. The molecule has 1 saturated heterocycles. The van der Waals surface area contributed by atoms with E-state index in [9.17, 15) is 14.7 Å². The molecule has 1 fully saturated rings. The molecular weight excluding hydrogens is 330 g/mol. The summed E-state index contributed by atoms with van der Waals surface area (Å²) in [6, 6.07) is 3.11. The minimum atomic E-state index is -0.430. The number of halogens is 2. The molecule has 1 aliphatic heterocycles. The molecule has 17 heavy (non-hydrogen) atoms. The number of phenols is 1. The van der Waals surface area contributed by atoms with Gasteiger partial charge in [0.2, 0.25) is 0 Å². The van der Waals surface area contributed by atoms with Gasteiger partial charge in [-0.25, -0.2) is 0 Å². The predicted octanol–water partition coefficient (Wildman–Crippen LogP) is 3.13. The number of phenolic OH excluding ortho intramolecular Hbond substituents is 1. The van der Waals surface area contributed by atoms with Gasteiger partial charge in [-0.05, 0) is 51.5 Å². The van der Waals surface area contributed by atoms with Crippen LogP contribution in [0.15, 0.2) is 21.5 Å². The van der Waals surface area contributed by atoms with Crippen molar-refractivity contribution < 1.29 is 14.7 Å². The van der Waals surface area contributed by atoms with Crippen LogP contribution in [0.1, 0.15) is 5.56 Å². The fraction of sp³-hybridized carbons (Fsp3) is 0. The van der Waals surface area contributed by atoms with Crippen LogP contribution in [-0.2, 0) is 4.79 Å². The molecule has 0 spiro atoms. The van der Waals surface area contributed by atoms with E-state index in [4.69, 9.17) is 11.6 Å². The average molecular weight is 335 g/mol. The van der Waals surface area contributed by atoms with E-state index in [1.807, 2.05) is 0 Å². The van der Waals surface area contributed by atoms with Gasteiger partial charge in [0, 0.05) is 0 Å². The zero-order valence-corrected chi connectivity index (χ0v) is 11.3. The molecule has 1 heterocycles. The Morgan fingerprint density at radius 1 is 1.41 bits per heavy atom. The molecule has 1 aromatic carbocycles. The standard InChI is InChI=1S/C10H5BrClNO3S/c11-5-1-4(2-6(12)8(5)14)3-7-9(15)13-10(16)17-7/h1-3,14H,(H,13,15,16). The van der Waals surface area contributed by atoms with Crippen molar-refractivity contribution in [1.82, 2.24) is 5.32 Å². The average Bonchev–Trinajstić information content (AvgIpc) is 2.54. The fourth-order valence-corrected chi connectivity index (χ4v) is 2.74. The van der Waals surface area contributed by atoms with Crippen molar-refractivity contribution in [2.45, 2.75) is 0 Å². The summed E-state index contributed by atoms with van der Waals surface area (Å²) in [4.78, 5) is 22.6. The zero-order chi connectivity index (χ0) is 12.6. The first kappa shape index (κ1) is 12.5. The number of hydrogen-bond acceptors (Lipinski definition) is 4. The lowest BCUT2D eigenvalue weighted by Crippen LogP contribution is -2.17. The Hall–Kier alpha value is -0.980. The van der Waals surface area contributed by atoms with E-state index in [2.05, 4.69) is 21.2 Å². The van der Waals surface area contributed by atoms with Gasteiger partial charge in [-0.2, -0.15) is 0 Å². The molecule has 4 nitrogen and oxygen atoms in total. The fourth-order valence-electron chi connectivity index (χ4n) is 1.24. The van der Waals surface area contributed by atoms with E-state index >= 15 is 0 Å². The van der Waals surface area contributed by atoms with E-state index < -0.39 is 11.1 Å². The van der Waals surface area contributed by atoms with E-state index in [1.54, 1.807) is 6.07 Å². The van der Waals surface area contributed by atoms with Gasteiger partial charge >= 0.3 is 0 Å². The van der Waals surface area contributed by atoms with Crippen molar-refractivity contribution in [3.63, 3.8) is 0 Å². The van der Waals surface area contributed by atoms with E-state index in [0.29, 0.717) is 14.9 Å². The van der Waals surface area contributed by atoms with Crippen LogP contribution in [0.2, 0.25) is 5.02 Å². The summed E-state index contributed by atoms with van der Waals surface area (Å²) in [5, 5.41) is 11.4. The second kappa shape index (κ2) is 4.72. The number of carbonyl (C=O) groups excluding carboxylic acids is 2. The Balaban J connectivity index is 2.40. The maximum absolute atomic E-state index is 11.3. The van der Waals surface area contributed by atoms with Crippen LogP contribution < -0.4 is 5.32 Å². The summed E-state index contributed by atoms with van der Waals surface area (Å²) < 4.78 is 0.423. The minimum Gasteiger partial charge on any atom is -0.505 e. The molecule has 1 aromatic rings. The number of nitrogens with one attached hydrogen (secondary N) is 1. The molecule has 2 N–H and O–H groups in total. The summed E-state index contributed by atoms with van der Waals surface area (Å²) in [5.74, 6) is -0.492. The third-order valence-electron chi connectivity index (χ3n) is 1.98. The highest BCUT2D eigenvalue weighted by molar-refractivity contribution is 9.10. The number of imide groups is 1. The number of carbonyl (C=O) groups is 2. The van der Waals surface area contributed by atoms with Crippen LogP contribution in [0.4, 0.5) is 4.79 Å². The SMILES string of the molecule is O=C1NC(=O)C(=Cc2cc(Cl)c(O)c(Br)c2)S1. The van der Waals surface area contributed by atoms with Crippen LogP contribution in [0, 0.1) is 0 Å². The van der Waals surface area contributed by atoms with Crippen LogP contribution in [0.3, 0.4) is 0 Å². The lowest BCUT2D eigenvalue weighted by molar-refractivity contribution is -0.115. The molecule has 0 atom stereocenters. The molecule has 2 rings (SSSR count). The highest BCUT2D eigenvalue weighted by atomic mass is 79.9. The van der Waals surface area contributed by atoms with Gasteiger partial charge in [-0.15, -0.1) is 0 Å². The van der Waals surface area contributed by atoms with Crippen molar-refractivity contribution in [1.29, 1.82) is 0 Å². The third kappa shape index (κ3) is 2.65. The Labute approximate surface area is 114 Å². The first-order valence-corrected chi connectivity index (χ1v) is 6.39. The van der Waals surface area contributed by atoms with Crippen molar-refractivity contribution in [2.24, 2.45) is 0 Å². The van der Waals surface area contributed by atoms with Crippen molar-refractivity contribution in [2.75, 3.05) is 0 Å². The van der Waals surface area contributed by atoms with Crippen LogP contribution >= 0.6 is 39.3 Å². The molecule has 0 bridgehead atoms. The number of hydrogen-bond donors (Lipinski definition) is 2. The summed E-state index contributed by atoms with van der Waals surface area (Å²) in [5.41, 5.74) is 0.618. The monoisotopic (exact) mass is 333 g/mol. The number of aromatic hydroxyl groups is 1. The highest BCUT2D eigenvalue weighted by Gasteiger charge is 2.25.